The zero-order valence-electron chi connectivity index (χ0n) is 15.5. The van der Waals surface area contributed by atoms with Gasteiger partial charge in [0, 0.05) is 30.9 Å². The minimum atomic E-state index is -0.0167. The van der Waals surface area contributed by atoms with E-state index < -0.39 is 0 Å². The number of ether oxygens (including phenoxy) is 2. The summed E-state index contributed by atoms with van der Waals surface area (Å²) in [4.78, 5) is 17.3. The molecule has 0 unspecified atom stereocenters. The quantitative estimate of drug-likeness (QED) is 0.889. The minimum Gasteiger partial charge on any atom is -0.493 e. The van der Waals surface area contributed by atoms with E-state index in [1.165, 1.54) is 25.9 Å². The fourth-order valence-corrected chi connectivity index (χ4v) is 3.86. The third kappa shape index (κ3) is 4.00. The molecule has 0 spiro atoms. The first-order valence-corrected chi connectivity index (χ1v) is 9.15. The molecule has 0 aliphatic carbocycles. The molecule has 1 N–H and O–H groups in total. The first kappa shape index (κ1) is 17.9. The van der Waals surface area contributed by atoms with E-state index in [0.29, 0.717) is 17.5 Å². The molecule has 2 amide bonds. The minimum absolute atomic E-state index is 0.0167. The van der Waals surface area contributed by atoms with Gasteiger partial charge in [0.2, 0.25) is 0 Å². The highest BCUT2D eigenvalue weighted by Crippen LogP contribution is 2.33. The molecule has 2 fully saturated rings. The number of nitrogens with zero attached hydrogens (tertiary/aromatic N) is 2. The smallest absolute Gasteiger partial charge is 0.322 e. The molecular weight excluding hydrogens is 318 g/mol. The second-order valence-corrected chi connectivity index (χ2v) is 6.95. The topological polar surface area (TPSA) is 54.0 Å². The first-order valence-electron chi connectivity index (χ1n) is 9.15. The highest BCUT2D eigenvalue weighted by molar-refractivity contribution is 5.91. The molecule has 2 heterocycles. The third-order valence-electron chi connectivity index (χ3n) is 5.28. The second-order valence-electron chi connectivity index (χ2n) is 6.95. The van der Waals surface area contributed by atoms with Gasteiger partial charge in [0.1, 0.15) is 0 Å². The van der Waals surface area contributed by atoms with Gasteiger partial charge < -0.3 is 24.6 Å². The SMILES string of the molecule is COc1cc(C)c(NC(=O)N2CCC[C@H]2CN2CCCC2)cc1OC. The van der Waals surface area contributed by atoms with Crippen molar-refractivity contribution in [2.24, 2.45) is 0 Å². The Labute approximate surface area is 150 Å². The number of benzene rings is 1. The predicted molar refractivity (Wildman–Crippen MR) is 98.7 cm³/mol. The number of nitrogens with one attached hydrogen (secondary N) is 1. The third-order valence-corrected chi connectivity index (χ3v) is 5.28. The van der Waals surface area contributed by atoms with Crippen molar-refractivity contribution in [1.29, 1.82) is 0 Å². The number of rotatable bonds is 5. The van der Waals surface area contributed by atoms with E-state index in [2.05, 4.69) is 10.2 Å². The molecule has 0 aromatic heterocycles. The van der Waals surface area contributed by atoms with Crippen molar-refractivity contribution >= 4 is 11.7 Å². The first-order chi connectivity index (χ1) is 12.1. The van der Waals surface area contributed by atoms with Gasteiger partial charge in [-0.15, -0.1) is 0 Å². The maximum Gasteiger partial charge on any atom is 0.322 e. The van der Waals surface area contributed by atoms with E-state index in [4.69, 9.17) is 9.47 Å². The monoisotopic (exact) mass is 347 g/mol. The largest absolute Gasteiger partial charge is 0.493 e. The van der Waals surface area contributed by atoms with Gasteiger partial charge in [0.15, 0.2) is 11.5 Å². The summed E-state index contributed by atoms with van der Waals surface area (Å²) in [7, 11) is 3.22. The Morgan fingerprint density at radius 3 is 2.48 bits per heavy atom. The van der Waals surface area contributed by atoms with Gasteiger partial charge in [-0.1, -0.05) is 0 Å². The maximum absolute atomic E-state index is 12.8. The molecule has 138 valence electrons. The number of urea groups is 1. The van der Waals surface area contributed by atoms with Crippen molar-refractivity contribution in [3.63, 3.8) is 0 Å². The number of hydrogen-bond acceptors (Lipinski definition) is 4. The molecule has 1 aromatic rings. The van der Waals surface area contributed by atoms with Crippen molar-refractivity contribution in [1.82, 2.24) is 9.80 Å². The zero-order chi connectivity index (χ0) is 17.8. The summed E-state index contributed by atoms with van der Waals surface area (Å²) in [6.45, 7) is 6.12. The lowest BCUT2D eigenvalue weighted by atomic mass is 10.1. The summed E-state index contributed by atoms with van der Waals surface area (Å²) in [6.07, 6.45) is 4.74. The van der Waals surface area contributed by atoms with Gasteiger partial charge in [0.05, 0.1) is 14.2 Å². The molecule has 0 bridgehead atoms. The molecule has 6 nitrogen and oxygen atoms in total. The fourth-order valence-electron chi connectivity index (χ4n) is 3.86. The highest BCUT2D eigenvalue weighted by Gasteiger charge is 2.31. The van der Waals surface area contributed by atoms with E-state index in [0.717, 1.165) is 37.2 Å². The maximum atomic E-state index is 12.8. The molecule has 3 rings (SSSR count). The van der Waals surface area contributed by atoms with Crippen LogP contribution in [0, 0.1) is 6.92 Å². The van der Waals surface area contributed by atoms with Crippen LogP contribution in [0.1, 0.15) is 31.2 Å². The molecule has 2 aliphatic heterocycles. The predicted octanol–water partition coefficient (Wildman–Crippen LogP) is 3.10. The average molecular weight is 347 g/mol. The molecule has 2 saturated heterocycles. The Morgan fingerprint density at radius 2 is 1.80 bits per heavy atom. The van der Waals surface area contributed by atoms with E-state index >= 15 is 0 Å². The second kappa shape index (κ2) is 7.95. The van der Waals surface area contributed by atoms with E-state index in [1.54, 1.807) is 14.2 Å². The lowest BCUT2D eigenvalue weighted by Crippen LogP contribution is -2.44. The van der Waals surface area contributed by atoms with Crippen LogP contribution in [0.3, 0.4) is 0 Å². The van der Waals surface area contributed by atoms with Crippen molar-refractivity contribution in [3.8, 4) is 11.5 Å². The number of carbonyl (C=O) groups is 1. The molecule has 1 atom stereocenters. The van der Waals surface area contributed by atoms with E-state index in [9.17, 15) is 4.79 Å². The lowest BCUT2D eigenvalue weighted by molar-refractivity contribution is 0.186. The standard InChI is InChI=1S/C19H29N3O3/c1-14-11-17(24-2)18(25-3)12-16(14)20-19(23)22-10-6-7-15(22)13-21-8-4-5-9-21/h11-12,15H,4-10,13H2,1-3H3,(H,20,23)/t15-/m0/s1. The Hall–Kier alpha value is -1.95. The summed E-state index contributed by atoms with van der Waals surface area (Å²) in [6, 6.07) is 4.02. The molecule has 25 heavy (non-hydrogen) atoms. The molecule has 2 aliphatic rings. The summed E-state index contributed by atoms with van der Waals surface area (Å²) in [5.41, 5.74) is 1.73. The Balaban J connectivity index is 1.68. The van der Waals surface area contributed by atoms with E-state index in [-0.39, 0.29) is 6.03 Å². The molecule has 0 radical (unpaired) electrons. The fraction of sp³-hybridized carbons (Fsp3) is 0.632. The van der Waals surface area contributed by atoms with Crippen LogP contribution in [0.4, 0.5) is 10.5 Å². The van der Waals surface area contributed by atoms with Crippen LogP contribution < -0.4 is 14.8 Å². The number of hydrogen-bond donors (Lipinski definition) is 1. The van der Waals surface area contributed by atoms with Crippen LogP contribution >= 0.6 is 0 Å². The Bertz CT molecular complexity index is 614. The summed E-state index contributed by atoms with van der Waals surface area (Å²) in [5.74, 6) is 1.30. The van der Waals surface area contributed by atoms with Gasteiger partial charge >= 0.3 is 6.03 Å². The molecular formula is C19H29N3O3. The van der Waals surface area contributed by atoms with Crippen LogP contribution in [-0.2, 0) is 0 Å². The molecule has 6 heteroatoms. The van der Waals surface area contributed by atoms with Crippen LogP contribution in [0.15, 0.2) is 12.1 Å². The van der Waals surface area contributed by atoms with E-state index in [1.807, 2.05) is 24.0 Å². The van der Waals surface area contributed by atoms with Crippen LogP contribution in [-0.4, -0.2) is 62.3 Å². The number of methoxy groups -OCH3 is 2. The van der Waals surface area contributed by atoms with Crippen molar-refractivity contribution in [2.75, 3.05) is 45.7 Å². The molecule has 0 saturated carbocycles. The van der Waals surface area contributed by atoms with Crippen molar-refractivity contribution < 1.29 is 14.3 Å². The Morgan fingerprint density at radius 1 is 1.12 bits per heavy atom. The van der Waals surface area contributed by atoms with Gasteiger partial charge in [-0.2, -0.15) is 0 Å². The number of amides is 2. The lowest BCUT2D eigenvalue weighted by Gasteiger charge is -2.29. The van der Waals surface area contributed by atoms with Gasteiger partial charge in [-0.3, -0.25) is 0 Å². The summed E-state index contributed by atoms with van der Waals surface area (Å²) in [5, 5.41) is 3.07. The van der Waals surface area contributed by atoms with Crippen molar-refractivity contribution in [3.05, 3.63) is 17.7 Å². The van der Waals surface area contributed by atoms with Crippen LogP contribution in [0.2, 0.25) is 0 Å². The van der Waals surface area contributed by atoms with Gasteiger partial charge in [-0.05, 0) is 57.3 Å². The number of likely N-dealkylation sites (tertiary alicyclic amines) is 2. The highest BCUT2D eigenvalue weighted by atomic mass is 16.5. The Kier molecular flexibility index (Phi) is 5.68. The summed E-state index contributed by atoms with van der Waals surface area (Å²) >= 11 is 0. The van der Waals surface area contributed by atoms with Gasteiger partial charge in [-0.25, -0.2) is 4.79 Å². The van der Waals surface area contributed by atoms with Crippen LogP contribution in [0.25, 0.3) is 0 Å². The van der Waals surface area contributed by atoms with Gasteiger partial charge in [0.25, 0.3) is 0 Å². The average Bonchev–Trinajstić information content (AvgIpc) is 3.28. The van der Waals surface area contributed by atoms with Crippen LogP contribution in [0.5, 0.6) is 11.5 Å². The zero-order valence-corrected chi connectivity index (χ0v) is 15.5. The van der Waals surface area contributed by atoms with Crippen molar-refractivity contribution in [2.45, 2.75) is 38.6 Å². The number of carbonyl (C=O) groups excluding carboxylic acids is 1. The number of anilines is 1. The normalized spacial score (nSPS) is 20.8. The molecule has 1 aromatic carbocycles. The number of aryl methyl sites for hydroxylation is 1. The summed E-state index contributed by atoms with van der Waals surface area (Å²) < 4.78 is 10.7.